The molecular weight excluding hydrogens is 333 g/mol. The van der Waals surface area contributed by atoms with Gasteiger partial charge in [-0.05, 0) is 38.5 Å². The lowest BCUT2D eigenvalue weighted by Crippen LogP contribution is -2.47. The molecule has 0 saturated carbocycles. The molecule has 140 valence electrons. The van der Waals surface area contributed by atoms with Gasteiger partial charge in [-0.1, -0.05) is 12.1 Å². The lowest BCUT2D eigenvalue weighted by Gasteiger charge is -2.24. The molecule has 3 N–H and O–H groups in total. The Morgan fingerprint density at radius 1 is 1.20 bits per heavy atom. The highest BCUT2D eigenvalue weighted by atomic mass is 19.4. The molecule has 0 aromatic heterocycles. The average Bonchev–Trinajstić information content (AvgIpc) is 2.56. The van der Waals surface area contributed by atoms with E-state index in [1.807, 2.05) is 6.92 Å². The molecule has 8 heteroatoms. The minimum Gasteiger partial charge on any atom is -0.359 e. The zero-order valence-corrected chi connectivity index (χ0v) is 14.9. The summed E-state index contributed by atoms with van der Waals surface area (Å²) in [6, 6.07) is 5.07. The van der Waals surface area contributed by atoms with Crippen LogP contribution in [0.4, 0.5) is 13.2 Å². The normalized spacial score (nSPS) is 12.7. The SMILES string of the molecule is CCNC(=NCc1cccc(C(F)(F)F)c1)NCC(C)(C)C(=O)NC. The third kappa shape index (κ3) is 6.64. The van der Waals surface area contributed by atoms with Gasteiger partial charge in [-0.15, -0.1) is 0 Å². The van der Waals surface area contributed by atoms with Crippen molar-refractivity contribution in [2.75, 3.05) is 20.1 Å². The van der Waals surface area contributed by atoms with Crippen LogP contribution >= 0.6 is 0 Å². The fourth-order valence-corrected chi connectivity index (χ4v) is 2.08. The quantitative estimate of drug-likeness (QED) is 0.541. The predicted octanol–water partition coefficient (Wildman–Crippen LogP) is 2.53. The molecule has 1 aromatic carbocycles. The highest BCUT2D eigenvalue weighted by molar-refractivity contribution is 5.84. The second-order valence-corrected chi connectivity index (χ2v) is 6.21. The van der Waals surface area contributed by atoms with Crippen molar-refractivity contribution in [1.82, 2.24) is 16.0 Å². The summed E-state index contributed by atoms with van der Waals surface area (Å²) in [6.45, 7) is 6.48. The average molecular weight is 358 g/mol. The number of carbonyl (C=O) groups excluding carboxylic acids is 1. The number of carbonyl (C=O) groups is 1. The fraction of sp³-hybridized carbons (Fsp3) is 0.529. The maximum absolute atomic E-state index is 12.8. The van der Waals surface area contributed by atoms with Gasteiger partial charge in [0.1, 0.15) is 0 Å². The van der Waals surface area contributed by atoms with Crippen molar-refractivity contribution in [3.8, 4) is 0 Å². The van der Waals surface area contributed by atoms with E-state index in [1.54, 1.807) is 27.0 Å². The summed E-state index contributed by atoms with van der Waals surface area (Å²) in [5, 5.41) is 8.65. The van der Waals surface area contributed by atoms with Crippen molar-refractivity contribution >= 4 is 11.9 Å². The Kier molecular flexibility index (Phi) is 7.26. The molecule has 0 atom stereocenters. The van der Waals surface area contributed by atoms with Crippen LogP contribution in [-0.2, 0) is 17.5 Å². The number of amides is 1. The summed E-state index contributed by atoms with van der Waals surface area (Å²) < 4.78 is 38.3. The number of halogens is 3. The van der Waals surface area contributed by atoms with Crippen LogP contribution < -0.4 is 16.0 Å². The molecule has 0 fully saturated rings. The molecule has 0 aliphatic carbocycles. The van der Waals surface area contributed by atoms with Crippen LogP contribution in [0.2, 0.25) is 0 Å². The fourth-order valence-electron chi connectivity index (χ4n) is 2.08. The molecule has 0 radical (unpaired) electrons. The van der Waals surface area contributed by atoms with E-state index in [0.717, 1.165) is 12.1 Å². The number of nitrogens with one attached hydrogen (secondary N) is 3. The van der Waals surface area contributed by atoms with E-state index in [-0.39, 0.29) is 12.5 Å². The molecule has 0 heterocycles. The molecule has 0 bridgehead atoms. The molecule has 0 aliphatic heterocycles. The van der Waals surface area contributed by atoms with Crippen molar-refractivity contribution < 1.29 is 18.0 Å². The Labute approximate surface area is 146 Å². The van der Waals surface area contributed by atoms with Gasteiger partial charge in [0, 0.05) is 20.1 Å². The molecule has 1 amide bonds. The van der Waals surface area contributed by atoms with Gasteiger partial charge in [0.15, 0.2) is 5.96 Å². The lowest BCUT2D eigenvalue weighted by molar-refractivity contribution is -0.137. The number of benzene rings is 1. The molecule has 1 rings (SSSR count). The molecule has 0 saturated heterocycles. The largest absolute Gasteiger partial charge is 0.416 e. The zero-order valence-electron chi connectivity index (χ0n) is 14.9. The van der Waals surface area contributed by atoms with E-state index in [9.17, 15) is 18.0 Å². The predicted molar refractivity (Wildman–Crippen MR) is 92.1 cm³/mol. The van der Waals surface area contributed by atoms with Gasteiger partial charge in [0.05, 0.1) is 17.5 Å². The monoisotopic (exact) mass is 358 g/mol. The smallest absolute Gasteiger partial charge is 0.359 e. The molecule has 0 spiro atoms. The van der Waals surface area contributed by atoms with Crippen LogP contribution in [0.25, 0.3) is 0 Å². The van der Waals surface area contributed by atoms with E-state index >= 15 is 0 Å². The summed E-state index contributed by atoms with van der Waals surface area (Å²) in [5.41, 5.74) is -0.891. The van der Waals surface area contributed by atoms with Crippen LogP contribution in [0.5, 0.6) is 0 Å². The first-order chi connectivity index (χ1) is 11.6. The Balaban J connectivity index is 2.81. The van der Waals surface area contributed by atoms with E-state index in [1.165, 1.54) is 6.07 Å². The third-order valence-electron chi connectivity index (χ3n) is 3.56. The van der Waals surface area contributed by atoms with Gasteiger partial charge in [-0.3, -0.25) is 4.79 Å². The molecule has 5 nitrogen and oxygen atoms in total. The van der Waals surface area contributed by atoms with Gasteiger partial charge in [0.25, 0.3) is 0 Å². The number of alkyl halides is 3. The molecule has 0 unspecified atom stereocenters. The van der Waals surface area contributed by atoms with E-state index in [0.29, 0.717) is 24.6 Å². The maximum Gasteiger partial charge on any atom is 0.416 e. The first kappa shape index (κ1) is 20.8. The third-order valence-corrected chi connectivity index (χ3v) is 3.56. The van der Waals surface area contributed by atoms with Crippen LogP contribution in [0.1, 0.15) is 31.9 Å². The van der Waals surface area contributed by atoms with Crippen LogP contribution in [0, 0.1) is 5.41 Å². The van der Waals surface area contributed by atoms with Gasteiger partial charge in [0.2, 0.25) is 5.91 Å². The topological polar surface area (TPSA) is 65.5 Å². The van der Waals surface area contributed by atoms with Crippen molar-refractivity contribution in [3.63, 3.8) is 0 Å². The Morgan fingerprint density at radius 3 is 2.44 bits per heavy atom. The van der Waals surface area contributed by atoms with Crippen molar-refractivity contribution in [3.05, 3.63) is 35.4 Å². The Hall–Kier alpha value is -2.25. The van der Waals surface area contributed by atoms with Crippen LogP contribution in [0.3, 0.4) is 0 Å². The van der Waals surface area contributed by atoms with Crippen molar-refractivity contribution in [1.29, 1.82) is 0 Å². The molecule has 0 aliphatic rings. The zero-order chi connectivity index (χ0) is 19.1. The highest BCUT2D eigenvalue weighted by Crippen LogP contribution is 2.29. The summed E-state index contributed by atoms with van der Waals surface area (Å²) in [6.07, 6.45) is -4.37. The first-order valence-electron chi connectivity index (χ1n) is 8.00. The van der Waals surface area contributed by atoms with Gasteiger partial charge in [-0.25, -0.2) is 4.99 Å². The summed E-state index contributed by atoms with van der Waals surface area (Å²) >= 11 is 0. The number of nitrogens with zero attached hydrogens (tertiary/aromatic N) is 1. The van der Waals surface area contributed by atoms with E-state index in [4.69, 9.17) is 0 Å². The summed E-state index contributed by atoms with van der Waals surface area (Å²) in [7, 11) is 1.57. The van der Waals surface area contributed by atoms with E-state index in [2.05, 4.69) is 20.9 Å². The van der Waals surface area contributed by atoms with Crippen LogP contribution in [0.15, 0.2) is 29.3 Å². The molecule has 1 aromatic rings. The van der Waals surface area contributed by atoms with Crippen LogP contribution in [-0.4, -0.2) is 32.0 Å². The van der Waals surface area contributed by atoms with Gasteiger partial charge in [-0.2, -0.15) is 13.2 Å². The van der Waals surface area contributed by atoms with E-state index < -0.39 is 17.2 Å². The number of rotatable bonds is 6. The first-order valence-corrected chi connectivity index (χ1v) is 8.00. The minimum absolute atomic E-state index is 0.0969. The number of hydrogen-bond donors (Lipinski definition) is 3. The van der Waals surface area contributed by atoms with Crippen molar-refractivity contribution in [2.24, 2.45) is 10.4 Å². The Bertz CT molecular complexity index is 612. The minimum atomic E-state index is -4.37. The van der Waals surface area contributed by atoms with Gasteiger partial charge >= 0.3 is 6.18 Å². The lowest BCUT2D eigenvalue weighted by atomic mass is 9.92. The van der Waals surface area contributed by atoms with Gasteiger partial charge < -0.3 is 16.0 Å². The summed E-state index contributed by atoms with van der Waals surface area (Å²) in [4.78, 5) is 16.1. The number of guanidine groups is 1. The number of hydrogen-bond acceptors (Lipinski definition) is 2. The second kappa shape index (κ2) is 8.73. The maximum atomic E-state index is 12.8. The Morgan fingerprint density at radius 2 is 1.88 bits per heavy atom. The molecule has 25 heavy (non-hydrogen) atoms. The second-order valence-electron chi connectivity index (χ2n) is 6.21. The van der Waals surface area contributed by atoms with Crippen molar-refractivity contribution in [2.45, 2.75) is 33.5 Å². The standard InChI is InChI=1S/C17H25F3N4O/c1-5-22-15(24-11-16(2,3)14(25)21-4)23-10-12-7-6-8-13(9-12)17(18,19)20/h6-9H,5,10-11H2,1-4H3,(H,21,25)(H2,22,23,24). The highest BCUT2D eigenvalue weighted by Gasteiger charge is 2.30. The molecular formula is C17H25F3N4O. The number of aliphatic imine (C=N–C) groups is 1. The summed E-state index contributed by atoms with van der Waals surface area (Å²) in [5.74, 6) is 0.325.